The van der Waals surface area contributed by atoms with Crippen molar-refractivity contribution in [2.75, 3.05) is 0 Å². The fraction of sp³-hybridized carbons (Fsp3) is 0.0667. The quantitative estimate of drug-likeness (QED) is 0.566. The number of aromatic amines is 1. The van der Waals surface area contributed by atoms with Gasteiger partial charge < -0.3 is 4.57 Å². The molecule has 3 aromatic heterocycles. The van der Waals surface area contributed by atoms with Crippen LogP contribution >= 0.6 is 0 Å². The summed E-state index contributed by atoms with van der Waals surface area (Å²) >= 11 is 0. The highest BCUT2D eigenvalue weighted by Gasteiger charge is 2.17. The number of hydrogen-bond donors (Lipinski definition) is 1. The highest BCUT2D eigenvalue weighted by molar-refractivity contribution is 6.03. The largest absolute Gasteiger partial charge is 0.305 e. The van der Waals surface area contributed by atoms with E-state index in [4.69, 9.17) is 0 Å². The van der Waals surface area contributed by atoms with Crippen LogP contribution < -0.4 is 11.1 Å². The van der Waals surface area contributed by atoms with Crippen LogP contribution in [-0.4, -0.2) is 24.3 Å². The molecular weight excluding hydrogens is 282 g/mol. The smallest absolute Gasteiger partial charge is 0.298 e. The number of fused-ring (bicyclic) bond motifs is 3. The van der Waals surface area contributed by atoms with Crippen LogP contribution in [0.3, 0.4) is 0 Å². The van der Waals surface area contributed by atoms with Crippen molar-refractivity contribution in [2.45, 2.75) is 0 Å². The van der Waals surface area contributed by atoms with Crippen molar-refractivity contribution in [3.8, 4) is 5.95 Å². The van der Waals surface area contributed by atoms with Gasteiger partial charge in [-0.2, -0.15) is 4.68 Å². The van der Waals surface area contributed by atoms with Gasteiger partial charge in [0.2, 0.25) is 0 Å². The highest BCUT2D eigenvalue weighted by Crippen LogP contribution is 2.18. The SMILES string of the molecule is Cn1c(=O)c2ccccc2c2[nH]n(-c3ncccn3)c(=O)c21. The van der Waals surface area contributed by atoms with Crippen LogP contribution in [0.5, 0.6) is 0 Å². The van der Waals surface area contributed by atoms with E-state index in [1.807, 2.05) is 12.1 Å². The fourth-order valence-corrected chi connectivity index (χ4v) is 2.64. The standard InChI is InChI=1S/C15H11N5O2/c1-19-12-11(9-5-2-3-6-10(9)13(19)21)18-20(14(12)22)15-16-7-4-8-17-15/h2-8,18H,1H3. The lowest BCUT2D eigenvalue weighted by Crippen LogP contribution is -2.23. The fourth-order valence-electron chi connectivity index (χ4n) is 2.64. The minimum absolute atomic E-state index is 0.208. The van der Waals surface area contributed by atoms with Gasteiger partial charge in [0.1, 0.15) is 5.52 Å². The van der Waals surface area contributed by atoms with Crippen molar-refractivity contribution < 1.29 is 0 Å². The number of aryl methyl sites for hydroxylation is 1. The third-order valence-corrected chi connectivity index (χ3v) is 3.69. The summed E-state index contributed by atoms with van der Waals surface area (Å²) in [5, 5.41) is 4.27. The Morgan fingerprint density at radius 2 is 1.64 bits per heavy atom. The molecule has 22 heavy (non-hydrogen) atoms. The summed E-state index contributed by atoms with van der Waals surface area (Å²) in [5.41, 5.74) is 0.332. The molecule has 0 unspecified atom stereocenters. The van der Waals surface area contributed by atoms with Crippen molar-refractivity contribution in [1.29, 1.82) is 0 Å². The Morgan fingerprint density at radius 1 is 0.955 bits per heavy atom. The molecule has 0 aliphatic rings. The van der Waals surface area contributed by atoms with Crippen LogP contribution in [-0.2, 0) is 7.05 Å². The maximum Gasteiger partial charge on any atom is 0.298 e. The Labute approximate surface area is 123 Å². The molecule has 4 aromatic rings. The second-order valence-electron chi connectivity index (χ2n) is 4.93. The summed E-state index contributed by atoms with van der Waals surface area (Å²) in [4.78, 5) is 33.2. The molecule has 0 radical (unpaired) electrons. The maximum atomic E-state index is 12.6. The molecule has 0 amide bonds. The third kappa shape index (κ3) is 1.56. The zero-order chi connectivity index (χ0) is 15.3. The average Bonchev–Trinajstić information content (AvgIpc) is 2.91. The normalized spacial score (nSPS) is 11.3. The number of aromatic nitrogens is 5. The van der Waals surface area contributed by atoms with E-state index >= 15 is 0 Å². The second kappa shape index (κ2) is 4.39. The predicted molar refractivity (Wildman–Crippen MR) is 82.2 cm³/mol. The molecule has 0 spiro atoms. The van der Waals surface area contributed by atoms with Crippen LogP contribution in [0, 0.1) is 0 Å². The summed E-state index contributed by atoms with van der Waals surface area (Å²) in [7, 11) is 1.59. The molecule has 0 saturated carbocycles. The number of H-pyrrole nitrogens is 1. The maximum absolute atomic E-state index is 12.6. The van der Waals surface area contributed by atoms with Crippen molar-refractivity contribution >= 4 is 21.8 Å². The van der Waals surface area contributed by atoms with E-state index in [0.717, 1.165) is 0 Å². The minimum atomic E-state index is -0.355. The molecule has 0 fully saturated rings. The van der Waals surface area contributed by atoms with Crippen molar-refractivity contribution in [3.63, 3.8) is 0 Å². The third-order valence-electron chi connectivity index (χ3n) is 3.69. The van der Waals surface area contributed by atoms with Crippen LogP contribution in [0.15, 0.2) is 52.3 Å². The van der Waals surface area contributed by atoms with E-state index in [-0.39, 0.29) is 17.1 Å². The van der Waals surface area contributed by atoms with E-state index in [0.29, 0.717) is 21.8 Å². The van der Waals surface area contributed by atoms with Crippen molar-refractivity contribution in [2.24, 2.45) is 7.05 Å². The molecule has 7 nitrogen and oxygen atoms in total. The van der Waals surface area contributed by atoms with Crippen LogP contribution in [0.2, 0.25) is 0 Å². The van der Waals surface area contributed by atoms with Gasteiger partial charge in [-0.05, 0) is 12.1 Å². The molecular formula is C15H11N5O2. The number of rotatable bonds is 1. The lowest BCUT2D eigenvalue weighted by atomic mass is 10.1. The van der Waals surface area contributed by atoms with E-state index in [1.54, 1.807) is 37.6 Å². The molecule has 0 aliphatic carbocycles. The number of benzene rings is 1. The topological polar surface area (TPSA) is 85.6 Å². The summed E-state index contributed by atoms with van der Waals surface area (Å²) in [6.45, 7) is 0. The Morgan fingerprint density at radius 3 is 2.36 bits per heavy atom. The first-order valence-corrected chi connectivity index (χ1v) is 6.68. The Bertz CT molecular complexity index is 1120. The van der Waals surface area contributed by atoms with Gasteiger partial charge in [-0.3, -0.25) is 14.7 Å². The van der Waals surface area contributed by atoms with Crippen LogP contribution in [0.4, 0.5) is 0 Å². The van der Waals surface area contributed by atoms with E-state index in [9.17, 15) is 9.59 Å². The first kappa shape index (κ1) is 12.5. The van der Waals surface area contributed by atoms with E-state index in [1.165, 1.54) is 9.25 Å². The summed E-state index contributed by atoms with van der Waals surface area (Å²) in [5.74, 6) is 0.236. The first-order valence-electron chi connectivity index (χ1n) is 6.68. The van der Waals surface area contributed by atoms with Crippen LogP contribution in [0.25, 0.3) is 27.8 Å². The molecule has 7 heteroatoms. The predicted octanol–water partition coefficient (Wildman–Crippen LogP) is 0.961. The molecule has 108 valence electrons. The summed E-state index contributed by atoms with van der Waals surface area (Å²) in [6, 6.07) is 8.85. The van der Waals surface area contributed by atoms with Gasteiger partial charge in [-0.1, -0.05) is 18.2 Å². The zero-order valence-electron chi connectivity index (χ0n) is 11.6. The van der Waals surface area contributed by atoms with Crippen molar-refractivity contribution in [3.05, 3.63) is 63.4 Å². The van der Waals surface area contributed by atoms with E-state index in [2.05, 4.69) is 15.1 Å². The zero-order valence-corrected chi connectivity index (χ0v) is 11.6. The molecule has 1 aromatic carbocycles. The molecule has 0 saturated heterocycles. The van der Waals surface area contributed by atoms with Crippen LogP contribution in [0.1, 0.15) is 0 Å². The molecule has 0 aliphatic heterocycles. The van der Waals surface area contributed by atoms with Crippen molar-refractivity contribution in [1.82, 2.24) is 24.3 Å². The molecule has 0 atom stereocenters. The number of pyridine rings is 1. The minimum Gasteiger partial charge on any atom is -0.305 e. The van der Waals surface area contributed by atoms with Gasteiger partial charge >= 0.3 is 0 Å². The van der Waals surface area contributed by atoms with Gasteiger partial charge in [0.25, 0.3) is 17.1 Å². The summed E-state index contributed by atoms with van der Waals surface area (Å²) in [6.07, 6.45) is 3.11. The number of hydrogen-bond acceptors (Lipinski definition) is 4. The highest BCUT2D eigenvalue weighted by atomic mass is 16.1. The molecule has 3 heterocycles. The number of nitrogens with one attached hydrogen (secondary N) is 1. The Kier molecular flexibility index (Phi) is 2.50. The van der Waals surface area contributed by atoms with E-state index < -0.39 is 0 Å². The summed E-state index contributed by atoms with van der Waals surface area (Å²) < 4.78 is 2.60. The second-order valence-corrected chi connectivity index (χ2v) is 4.93. The van der Waals surface area contributed by atoms with Gasteiger partial charge in [0.15, 0.2) is 0 Å². The lowest BCUT2D eigenvalue weighted by Gasteiger charge is -2.02. The first-order chi connectivity index (χ1) is 10.7. The molecule has 1 N–H and O–H groups in total. The van der Waals surface area contributed by atoms with Gasteiger partial charge in [-0.25, -0.2) is 9.97 Å². The van der Waals surface area contributed by atoms with Gasteiger partial charge in [-0.15, -0.1) is 0 Å². The Balaban J connectivity index is 2.24. The lowest BCUT2D eigenvalue weighted by molar-refractivity contribution is 0.791. The number of nitrogens with zero attached hydrogens (tertiary/aromatic N) is 4. The van der Waals surface area contributed by atoms with Gasteiger partial charge in [0.05, 0.1) is 5.52 Å². The van der Waals surface area contributed by atoms with Gasteiger partial charge in [0, 0.05) is 30.2 Å². The average molecular weight is 293 g/mol. The Hall–Kier alpha value is -3.22. The molecule has 4 rings (SSSR count). The monoisotopic (exact) mass is 293 g/mol. The molecule has 0 bridgehead atoms.